The molecule has 0 fully saturated rings. The van der Waals surface area contributed by atoms with E-state index >= 15 is 0 Å². The molecule has 5 heteroatoms. The van der Waals surface area contributed by atoms with Gasteiger partial charge in [-0.05, 0) is 30.3 Å². The van der Waals surface area contributed by atoms with Gasteiger partial charge in [-0.2, -0.15) is 0 Å². The highest BCUT2D eigenvalue weighted by Crippen LogP contribution is 2.47. The van der Waals surface area contributed by atoms with Gasteiger partial charge in [0.1, 0.15) is 11.9 Å². The average Bonchev–Trinajstić information content (AvgIpc) is 3.01. The molecule has 2 amide bonds. The van der Waals surface area contributed by atoms with E-state index in [1.54, 1.807) is 23.0 Å². The van der Waals surface area contributed by atoms with Crippen LogP contribution in [-0.2, 0) is 0 Å². The van der Waals surface area contributed by atoms with E-state index in [4.69, 9.17) is 4.74 Å². The van der Waals surface area contributed by atoms with E-state index < -0.39 is 6.17 Å². The molecule has 0 saturated carbocycles. The summed E-state index contributed by atoms with van der Waals surface area (Å²) in [6.07, 6.45) is -0.511. The lowest BCUT2D eigenvalue weighted by molar-refractivity contribution is 0.0949. The first kappa shape index (κ1) is 15.6. The number of carbonyl (C=O) groups excluding carboxylic acids is 2. The number of nitrogens with zero attached hydrogens (tertiary/aromatic N) is 2. The van der Waals surface area contributed by atoms with Gasteiger partial charge in [0.25, 0.3) is 11.8 Å². The normalized spacial score (nSPS) is 17.4. The van der Waals surface area contributed by atoms with Gasteiger partial charge in [-0.15, -0.1) is 0 Å². The lowest BCUT2D eigenvalue weighted by Crippen LogP contribution is -2.48. The summed E-state index contributed by atoms with van der Waals surface area (Å²) in [4.78, 5) is 30.0. The maximum atomic E-state index is 13.4. The highest BCUT2D eigenvalue weighted by molar-refractivity contribution is 6.21. The van der Waals surface area contributed by atoms with Crippen LogP contribution in [0.15, 0.2) is 72.8 Å². The molecule has 2 aliphatic heterocycles. The molecule has 132 valence electrons. The lowest BCUT2D eigenvalue weighted by Gasteiger charge is -2.40. The molecule has 0 N–H and O–H groups in total. The number of hydrogen-bond acceptors (Lipinski definition) is 3. The Morgan fingerprint density at radius 2 is 1.48 bits per heavy atom. The Morgan fingerprint density at radius 1 is 0.778 bits per heavy atom. The molecule has 3 aromatic carbocycles. The summed E-state index contributed by atoms with van der Waals surface area (Å²) in [6.45, 7) is 0. The van der Waals surface area contributed by atoms with Crippen LogP contribution in [0.3, 0.4) is 0 Å². The van der Waals surface area contributed by atoms with Crippen LogP contribution in [-0.4, -0.2) is 18.9 Å². The van der Waals surface area contributed by atoms with Gasteiger partial charge in [-0.1, -0.05) is 36.4 Å². The number of carbonyl (C=O) groups is 2. The van der Waals surface area contributed by atoms with Crippen molar-refractivity contribution in [1.82, 2.24) is 0 Å². The number of hydrogen-bond donors (Lipinski definition) is 0. The molecule has 0 saturated heterocycles. The standard InChI is InChI=1S/C22H16N2O3/c1-27-15-8-6-7-14(13-15)23-20-16-9-2-3-10-17(16)21(25)24(20)19-12-5-4-11-18(19)22(23)26/h2-13,20H,1H3. The van der Waals surface area contributed by atoms with Crippen molar-refractivity contribution in [2.45, 2.75) is 6.17 Å². The smallest absolute Gasteiger partial charge is 0.262 e. The predicted molar refractivity (Wildman–Crippen MR) is 102 cm³/mol. The van der Waals surface area contributed by atoms with E-state index in [-0.39, 0.29) is 11.8 Å². The minimum atomic E-state index is -0.511. The number of methoxy groups -OCH3 is 1. The van der Waals surface area contributed by atoms with Crippen molar-refractivity contribution in [3.05, 3.63) is 89.5 Å². The molecular formula is C22H16N2O3. The fourth-order valence-electron chi connectivity index (χ4n) is 3.92. The molecule has 0 radical (unpaired) electrons. The van der Waals surface area contributed by atoms with Gasteiger partial charge in [0.15, 0.2) is 0 Å². The van der Waals surface area contributed by atoms with E-state index in [9.17, 15) is 9.59 Å². The fraction of sp³-hybridized carbons (Fsp3) is 0.0909. The summed E-state index contributed by atoms with van der Waals surface area (Å²) in [5.74, 6) is 0.427. The topological polar surface area (TPSA) is 49.9 Å². The van der Waals surface area contributed by atoms with Crippen LogP contribution >= 0.6 is 0 Å². The summed E-state index contributed by atoms with van der Waals surface area (Å²) in [5, 5.41) is 0. The first-order valence-electron chi connectivity index (χ1n) is 8.70. The van der Waals surface area contributed by atoms with E-state index in [1.165, 1.54) is 0 Å². The van der Waals surface area contributed by atoms with E-state index in [0.717, 1.165) is 5.56 Å². The van der Waals surface area contributed by atoms with Crippen LogP contribution in [0.2, 0.25) is 0 Å². The zero-order chi connectivity index (χ0) is 18.5. The number of para-hydroxylation sites is 1. The molecule has 2 aliphatic rings. The molecule has 1 unspecified atom stereocenters. The van der Waals surface area contributed by atoms with Gasteiger partial charge < -0.3 is 4.74 Å². The van der Waals surface area contributed by atoms with E-state index in [0.29, 0.717) is 28.3 Å². The Bertz CT molecular complexity index is 1090. The molecule has 0 bridgehead atoms. The fourth-order valence-corrected chi connectivity index (χ4v) is 3.92. The Hall–Kier alpha value is -3.60. The molecule has 5 rings (SSSR count). The highest BCUT2D eigenvalue weighted by Gasteiger charge is 2.48. The Morgan fingerprint density at radius 3 is 2.30 bits per heavy atom. The summed E-state index contributed by atoms with van der Waals surface area (Å²) in [5.41, 5.74) is 3.30. The van der Waals surface area contributed by atoms with Gasteiger partial charge in [0.2, 0.25) is 0 Å². The van der Waals surface area contributed by atoms with Crippen LogP contribution in [0, 0.1) is 0 Å². The molecule has 0 aliphatic carbocycles. The van der Waals surface area contributed by atoms with Crippen LogP contribution in [0.25, 0.3) is 0 Å². The van der Waals surface area contributed by atoms with Crippen molar-refractivity contribution >= 4 is 23.2 Å². The third-order valence-electron chi connectivity index (χ3n) is 5.12. The predicted octanol–water partition coefficient (Wildman–Crippen LogP) is 4.01. The van der Waals surface area contributed by atoms with Crippen LogP contribution in [0.1, 0.15) is 32.4 Å². The first-order chi connectivity index (χ1) is 13.2. The Kier molecular flexibility index (Phi) is 3.31. The molecule has 27 heavy (non-hydrogen) atoms. The van der Waals surface area contributed by atoms with E-state index in [2.05, 4.69) is 0 Å². The second-order valence-corrected chi connectivity index (χ2v) is 6.53. The quantitative estimate of drug-likeness (QED) is 0.697. The molecule has 5 nitrogen and oxygen atoms in total. The third-order valence-corrected chi connectivity index (χ3v) is 5.12. The summed E-state index contributed by atoms with van der Waals surface area (Å²) >= 11 is 0. The molecule has 1 atom stereocenters. The summed E-state index contributed by atoms with van der Waals surface area (Å²) in [7, 11) is 1.59. The zero-order valence-electron chi connectivity index (χ0n) is 14.6. The van der Waals surface area contributed by atoms with Gasteiger partial charge in [0, 0.05) is 17.2 Å². The van der Waals surface area contributed by atoms with Crippen molar-refractivity contribution < 1.29 is 14.3 Å². The third kappa shape index (κ3) is 2.11. The number of amides is 2. The molecule has 3 aromatic rings. The number of benzene rings is 3. The van der Waals surface area contributed by atoms with Crippen molar-refractivity contribution in [2.24, 2.45) is 0 Å². The van der Waals surface area contributed by atoms with Gasteiger partial charge in [-0.3, -0.25) is 19.4 Å². The maximum Gasteiger partial charge on any atom is 0.262 e. The molecular weight excluding hydrogens is 340 g/mol. The molecule has 0 aromatic heterocycles. The number of rotatable bonds is 2. The highest BCUT2D eigenvalue weighted by atomic mass is 16.5. The Balaban J connectivity index is 1.78. The van der Waals surface area contributed by atoms with Crippen molar-refractivity contribution in [3.63, 3.8) is 0 Å². The van der Waals surface area contributed by atoms with E-state index in [1.807, 2.05) is 66.7 Å². The number of anilines is 2. The second-order valence-electron chi connectivity index (χ2n) is 6.53. The van der Waals surface area contributed by atoms with Crippen LogP contribution in [0.4, 0.5) is 11.4 Å². The van der Waals surface area contributed by atoms with Gasteiger partial charge in [0.05, 0.1) is 24.0 Å². The van der Waals surface area contributed by atoms with Crippen LogP contribution < -0.4 is 14.5 Å². The monoisotopic (exact) mass is 356 g/mol. The summed E-state index contributed by atoms with van der Waals surface area (Å²) < 4.78 is 5.33. The minimum absolute atomic E-state index is 0.0940. The molecule has 0 spiro atoms. The number of ether oxygens (including phenoxy) is 1. The van der Waals surface area contributed by atoms with Gasteiger partial charge in [-0.25, -0.2) is 0 Å². The van der Waals surface area contributed by atoms with Crippen LogP contribution in [0.5, 0.6) is 5.75 Å². The molecule has 2 heterocycles. The summed E-state index contributed by atoms with van der Waals surface area (Å²) in [6, 6.07) is 22.1. The zero-order valence-corrected chi connectivity index (χ0v) is 14.6. The second kappa shape index (κ2) is 5.71. The first-order valence-corrected chi connectivity index (χ1v) is 8.70. The Labute approximate surface area is 156 Å². The lowest BCUT2D eigenvalue weighted by atomic mass is 10.0. The largest absolute Gasteiger partial charge is 0.497 e. The van der Waals surface area contributed by atoms with Gasteiger partial charge >= 0.3 is 0 Å². The van der Waals surface area contributed by atoms with Crippen molar-refractivity contribution in [3.8, 4) is 5.75 Å². The van der Waals surface area contributed by atoms with Crippen molar-refractivity contribution in [1.29, 1.82) is 0 Å². The van der Waals surface area contributed by atoms with Crippen molar-refractivity contribution in [2.75, 3.05) is 16.9 Å². The minimum Gasteiger partial charge on any atom is -0.497 e. The average molecular weight is 356 g/mol. The number of fused-ring (bicyclic) bond motifs is 5. The SMILES string of the molecule is COc1cccc(N2C(=O)c3ccccc3N3C(=O)c4ccccc4C23)c1. The maximum absolute atomic E-state index is 13.4.